The summed E-state index contributed by atoms with van der Waals surface area (Å²) in [7, 11) is -2.16. The third-order valence-corrected chi connectivity index (χ3v) is 5.58. The number of hydrogen-bond donors (Lipinski definition) is 2. The lowest BCUT2D eigenvalue weighted by molar-refractivity contribution is -0.674. The largest absolute Gasteiger partial charge is 0.497 e. The van der Waals surface area contributed by atoms with Crippen molar-refractivity contribution in [1.29, 1.82) is 0 Å². The summed E-state index contributed by atoms with van der Waals surface area (Å²) in [6.45, 7) is 0.592. The van der Waals surface area contributed by atoms with Gasteiger partial charge in [0.1, 0.15) is 5.75 Å². The number of nitrogens with two attached hydrogens (primary N) is 2. The van der Waals surface area contributed by atoms with Gasteiger partial charge in [0.15, 0.2) is 6.04 Å². The van der Waals surface area contributed by atoms with Gasteiger partial charge in [-0.1, -0.05) is 12.1 Å². The van der Waals surface area contributed by atoms with Crippen molar-refractivity contribution in [3.63, 3.8) is 0 Å². The van der Waals surface area contributed by atoms with Crippen LogP contribution in [0.4, 0.5) is 5.69 Å². The van der Waals surface area contributed by atoms with Gasteiger partial charge in [0.25, 0.3) is 5.91 Å². The van der Waals surface area contributed by atoms with Gasteiger partial charge in [-0.2, -0.15) is 0 Å². The molecule has 3 rings (SSSR count). The molecule has 1 aliphatic rings. The van der Waals surface area contributed by atoms with Crippen LogP contribution in [0, 0.1) is 0 Å². The fourth-order valence-electron chi connectivity index (χ4n) is 3.14. The molecule has 2 amide bonds. The highest BCUT2D eigenvalue weighted by molar-refractivity contribution is 7.89. The summed E-state index contributed by atoms with van der Waals surface area (Å²) < 4.78 is 27.6. The van der Waals surface area contributed by atoms with Gasteiger partial charge in [-0.3, -0.25) is 9.59 Å². The molecule has 1 aliphatic heterocycles. The van der Waals surface area contributed by atoms with Crippen molar-refractivity contribution in [1.82, 2.24) is 0 Å². The second kappa shape index (κ2) is 8.09. The number of primary sulfonamides is 1. The summed E-state index contributed by atoms with van der Waals surface area (Å²) in [6.07, 6.45) is 0.778. The average molecular weight is 404 g/mol. The maximum Gasteiger partial charge on any atom is 0.292 e. The number of methoxy groups -OCH3 is 1. The third-order valence-electron chi connectivity index (χ3n) is 4.65. The minimum absolute atomic E-state index is 0.0620. The molecule has 8 nitrogen and oxygen atoms in total. The lowest BCUT2D eigenvalue weighted by atomic mass is 10.1. The minimum Gasteiger partial charge on any atom is -0.497 e. The highest BCUT2D eigenvalue weighted by Crippen LogP contribution is 2.24. The molecule has 28 heavy (non-hydrogen) atoms. The number of imide groups is 1. The maximum atomic E-state index is 12.6. The molecule has 1 heterocycles. The van der Waals surface area contributed by atoms with Crippen molar-refractivity contribution in [2.45, 2.75) is 23.8 Å². The number of ether oxygens (including phenoxy) is 1. The van der Waals surface area contributed by atoms with Crippen LogP contribution in [0.1, 0.15) is 12.0 Å². The van der Waals surface area contributed by atoms with Gasteiger partial charge in [0, 0.05) is 6.42 Å². The van der Waals surface area contributed by atoms with Crippen LogP contribution >= 0.6 is 0 Å². The molecule has 0 radical (unpaired) electrons. The van der Waals surface area contributed by atoms with E-state index in [1.807, 2.05) is 5.32 Å². The first-order chi connectivity index (χ1) is 13.3. The fraction of sp³-hybridized carbons (Fsp3) is 0.263. The Kier molecular flexibility index (Phi) is 5.78. The Morgan fingerprint density at radius 3 is 2.32 bits per heavy atom. The predicted octanol–water partition coefficient (Wildman–Crippen LogP) is -0.219. The van der Waals surface area contributed by atoms with Crippen molar-refractivity contribution in [3.8, 4) is 5.75 Å². The highest BCUT2D eigenvalue weighted by Gasteiger charge is 2.42. The number of nitrogens with zero attached hydrogens (tertiary/aromatic N) is 1. The van der Waals surface area contributed by atoms with Crippen LogP contribution in [-0.4, -0.2) is 39.9 Å². The van der Waals surface area contributed by atoms with Crippen LogP contribution in [-0.2, 0) is 26.0 Å². The number of rotatable bonds is 7. The van der Waals surface area contributed by atoms with E-state index in [4.69, 9.17) is 9.88 Å². The first-order valence-electron chi connectivity index (χ1n) is 8.75. The van der Waals surface area contributed by atoms with Crippen LogP contribution in [0.15, 0.2) is 53.4 Å². The quantitative estimate of drug-likeness (QED) is 0.618. The van der Waals surface area contributed by atoms with Crippen molar-refractivity contribution < 1.29 is 28.1 Å². The average Bonchev–Trinajstić information content (AvgIpc) is 2.95. The molecule has 148 valence electrons. The predicted molar refractivity (Wildman–Crippen MR) is 102 cm³/mol. The molecule has 0 unspecified atom stereocenters. The number of hydrogen-bond acceptors (Lipinski definition) is 5. The third kappa shape index (κ3) is 4.38. The maximum absolute atomic E-state index is 12.6. The SMILES string of the molecule is COc1ccc(N2C(=O)C[C@@H]([NH2+]CCc3ccc(S(N)(=O)=O)cc3)C2=O)cc1. The molecule has 9 heteroatoms. The first-order valence-corrected chi connectivity index (χ1v) is 10.3. The second-order valence-electron chi connectivity index (χ2n) is 6.54. The molecular weight excluding hydrogens is 382 g/mol. The lowest BCUT2D eigenvalue weighted by Crippen LogP contribution is -2.92. The molecule has 0 saturated carbocycles. The number of anilines is 1. The van der Waals surface area contributed by atoms with Crippen LogP contribution in [0.25, 0.3) is 0 Å². The van der Waals surface area contributed by atoms with Gasteiger partial charge < -0.3 is 10.1 Å². The van der Waals surface area contributed by atoms with E-state index in [1.54, 1.807) is 43.5 Å². The van der Waals surface area contributed by atoms with Gasteiger partial charge >= 0.3 is 0 Å². The number of carbonyl (C=O) groups is 2. The Balaban J connectivity index is 1.58. The number of amides is 2. The zero-order valence-corrected chi connectivity index (χ0v) is 16.2. The minimum atomic E-state index is -3.71. The van der Waals surface area contributed by atoms with E-state index in [-0.39, 0.29) is 23.1 Å². The van der Waals surface area contributed by atoms with Crippen LogP contribution in [0.3, 0.4) is 0 Å². The summed E-state index contributed by atoms with van der Waals surface area (Å²) in [4.78, 5) is 26.2. The Morgan fingerprint density at radius 1 is 1.11 bits per heavy atom. The first kappa shape index (κ1) is 20.0. The van der Waals surface area contributed by atoms with E-state index in [9.17, 15) is 18.0 Å². The Hall–Kier alpha value is -2.75. The van der Waals surface area contributed by atoms with E-state index in [2.05, 4.69) is 0 Å². The van der Waals surface area contributed by atoms with Gasteiger partial charge in [0.2, 0.25) is 15.9 Å². The van der Waals surface area contributed by atoms with Crippen LogP contribution in [0.2, 0.25) is 0 Å². The smallest absolute Gasteiger partial charge is 0.292 e. The van der Waals surface area contributed by atoms with E-state index in [1.165, 1.54) is 17.0 Å². The molecule has 0 spiro atoms. The zero-order chi connectivity index (χ0) is 20.3. The summed E-state index contributed by atoms with van der Waals surface area (Å²) in [6, 6.07) is 12.6. The molecule has 0 bridgehead atoms. The molecule has 1 saturated heterocycles. The number of carbonyl (C=O) groups excluding carboxylic acids is 2. The van der Waals surface area contributed by atoms with Crippen LogP contribution in [0.5, 0.6) is 5.75 Å². The number of benzene rings is 2. The van der Waals surface area contributed by atoms with E-state index < -0.39 is 16.1 Å². The van der Waals surface area contributed by atoms with Crippen LogP contribution < -0.4 is 20.1 Å². The summed E-state index contributed by atoms with van der Waals surface area (Å²) >= 11 is 0. The van der Waals surface area contributed by atoms with Crippen molar-refractivity contribution in [2.75, 3.05) is 18.6 Å². The van der Waals surface area contributed by atoms with Gasteiger partial charge in [0.05, 0.1) is 30.7 Å². The molecule has 1 atom stereocenters. The Labute approximate surface area is 163 Å². The number of quaternary nitrogens is 1. The normalized spacial score (nSPS) is 17.2. The molecule has 0 aliphatic carbocycles. The van der Waals surface area contributed by atoms with Crippen molar-refractivity contribution >= 4 is 27.5 Å². The molecule has 0 aromatic heterocycles. The molecule has 4 N–H and O–H groups in total. The monoisotopic (exact) mass is 404 g/mol. The summed E-state index contributed by atoms with van der Waals surface area (Å²) in [5.41, 5.74) is 1.46. The molecular formula is C19H22N3O5S+. The summed E-state index contributed by atoms with van der Waals surface area (Å²) in [5.74, 6) is 0.188. The van der Waals surface area contributed by atoms with E-state index in [0.29, 0.717) is 24.4 Å². The highest BCUT2D eigenvalue weighted by atomic mass is 32.2. The van der Waals surface area contributed by atoms with E-state index >= 15 is 0 Å². The fourth-order valence-corrected chi connectivity index (χ4v) is 3.65. The van der Waals surface area contributed by atoms with Gasteiger partial charge in [-0.05, 0) is 42.0 Å². The topological polar surface area (TPSA) is 123 Å². The zero-order valence-electron chi connectivity index (χ0n) is 15.4. The summed E-state index contributed by atoms with van der Waals surface area (Å²) in [5, 5.41) is 6.92. The molecule has 2 aromatic carbocycles. The van der Waals surface area contributed by atoms with E-state index in [0.717, 1.165) is 5.56 Å². The standard InChI is InChI=1S/C19H21N3O5S/c1-27-15-6-4-14(5-7-15)22-18(23)12-17(19(22)24)21-11-10-13-2-8-16(9-3-13)28(20,25)26/h2-9,17,21H,10-12H2,1H3,(H2,20,25,26)/p+1/t17-/m1/s1. The molecule has 2 aromatic rings. The molecule has 1 fully saturated rings. The van der Waals surface area contributed by atoms with Crippen molar-refractivity contribution in [3.05, 3.63) is 54.1 Å². The van der Waals surface area contributed by atoms with Crippen molar-refractivity contribution in [2.24, 2.45) is 5.14 Å². The lowest BCUT2D eigenvalue weighted by Gasteiger charge is -2.14. The Morgan fingerprint density at radius 2 is 1.75 bits per heavy atom. The van der Waals surface area contributed by atoms with Gasteiger partial charge in [-0.25, -0.2) is 18.5 Å². The Bertz CT molecular complexity index is 972. The number of sulfonamides is 1. The second-order valence-corrected chi connectivity index (χ2v) is 8.10. The van der Waals surface area contributed by atoms with Gasteiger partial charge in [-0.15, -0.1) is 0 Å².